The van der Waals surface area contributed by atoms with Crippen LogP contribution in [0.5, 0.6) is 0 Å². The molecule has 78 valence electrons. The van der Waals surface area contributed by atoms with E-state index in [1.807, 2.05) is 6.07 Å². The fourth-order valence-corrected chi connectivity index (χ4v) is 2.75. The summed E-state index contributed by atoms with van der Waals surface area (Å²) in [6, 6.07) is 8.53. The van der Waals surface area contributed by atoms with Crippen LogP contribution >= 0.6 is 0 Å². The molecule has 1 nitrogen and oxygen atoms in total. The van der Waals surface area contributed by atoms with Crippen molar-refractivity contribution in [2.24, 2.45) is 0 Å². The molecule has 0 radical (unpaired) electrons. The van der Waals surface area contributed by atoms with Gasteiger partial charge in [0.15, 0.2) is 0 Å². The molecule has 1 heterocycles. The average Bonchev–Trinajstić information content (AvgIpc) is 2.74. The molecule has 0 spiro atoms. The summed E-state index contributed by atoms with van der Waals surface area (Å²) in [5, 5.41) is 0. The van der Waals surface area contributed by atoms with Gasteiger partial charge in [-0.1, -0.05) is 31.4 Å². The lowest BCUT2D eigenvalue weighted by atomic mass is 9.84. The van der Waals surface area contributed by atoms with Crippen molar-refractivity contribution in [1.82, 2.24) is 0 Å². The molecule has 0 saturated heterocycles. The van der Waals surface area contributed by atoms with Gasteiger partial charge in [-0.15, -0.1) is 0 Å². The van der Waals surface area contributed by atoms with Crippen LogP contribution in [0.4, 0.5) is 0 Å². The van der Waals surface area contributed by atoms with Crippen LogP contribution in [0.25, 0.3) is 11.3 Å². The van der Waals surface area contributed by atoms with E-state index in [1.165, 1.54) is 43.2 Å². The van der Waals surface area contributed by atoms with Crippen molar-refractivity contribution in [3.05, 3.63) is 36.1 Å². The van der Waals surface area contributed by atoms with Gasteiger partial charge in [-0.05, 0) is 36.5 Å². The second-order valence-electron chi connectivity index (χ2n) is 4.52. The molecule has 0 aromatic heterocycles. The van der Waals surface area contributed by atoms with Gasteiger partial charge in [0.05, 0.1) is 6.26 Å². The Bertz CT molecular complexity index is 409. The molecular weight excluding hydrogens is 184 g/mol. The number of fused-ring (bicyclic) bond motifs is 1. The van der Waals surface area contributed by atoms with Crippen molar-refractivity contribution in [2.75, 3.05) is 0 Å². The van der Waals surface area contributed by atoms with E-state index in [9.17, 15) is 0 Å². The van der Waals surface area contributed by atoms with Crippen molar-refractivity contribution in [3.8, 4) is 11.3 Å². The largest absolute Gasteiger partial charge is 0.464 e. The van der Waals surface area contributed by atoms with Crippen molar-refractivity contribution in [1.29, 1.82) is 0 Å². The van der Waals surface area contributed by atoms with Crippen LogP contribution in [0, 0.1) is 0 Å². The van der Waals surface area contributed by atoms with E-state index in [4.69, 9.17) is 4.42 Å². The summed E-state index contributed by atoms with van der Waals surface area (Å²) in [7, 11) is 0. The first-order valence-corrected chi connectivity index (χ1v) is 5.91. The Labute approximate surface area is 90.4 Å². The summed E-state index contributed by atoms with van der Waals surface area (Å²) in [6.45, 7) is 0. The number of hydrogen-bond acceptors (Lipinski definition) is 1. The Hall–Kier alpha value is -1.24. The molecule has 0 atom stereocenters. The Balaban J connectivity index is 1.97. The summed E-state index contributed by atoms with van der Waals surface area (Å²) in [5.41, 5.74) is 2.68. The van der Waals surface area contributed by atoms with Gasteiger partial charge in [-0.2, -0.15) is 0 Å². The Morgan fingerprint density at radius 3 is 2.73 bits per heavy atom. The van der Waals surface area contributed by atoms with Crippen LogP contribution in [0.1, 0.15) is 43.6 Å². The van der Waals surface area contributed by atoms with Crippen LogP contribution in [0.2, 0.25) is 0 Å². The van der Waals surface area contributed by atoms with Crippen LogP contribution < -0.4 is 0 Å². The highest BCUT2D eigenvalue weighted by molar-refractivity contribution is 5.65. The maximum atomic E-state index is 5.64. The van der Waals surface area contributed by atoms with Gasteiger partial charge in [-0.25, -0.2) is 0 Å². The van der Waals surface area contributed by atoms with E-state index in [2.05, 4.69) is 18.2 Å². The number of hydrogen-bond donors (Lipinski definition) is 0. The van der Waals surface area contributed by atoms with Crippen molar-refractivity contribution in [2.45, 2.75) is 38.0 Å². The van der Waals surface area contributed by atoms with Gasteiger partial charge < -0.3 is 4.42 Å². The molecule has 0 unspecified atom stereocenters. The van der Waals surface area contributed by atoms with E-state index < -0.39 is 0 Å². The molecule has 15 heavy (non-hydrogen) atoms. The van der Waals surface area contributed by atoms with Crippen LogP contribution in [0.3, 0.4) is 0 Å². The Morgan fingerprint density at radius 1 is 1.00 bits per heavy atom. The standard InChI is InChI=1S/C14H16O/c1-2-5-11(6-3-1)13-9-8-12-7-4-10-15-14(12)13/h4,7-11H,1-3,5-6H2. The van der Waals surface area contributed by atoms with Crippen molar-refractivity contribution < 1.29 is 4.42 Å². The minimum absolute atomic E-state index is 0.738. The predicted octanol–water partition coefficient (Wildman–Crippen LogP) is 4.43. The normalized spacial score (nSPS) is 18.4. The van der Waals surface area contributed by atoms with Crippen molar-refractivity contribution in [3.63, 3.8) is 0 Å². The van der Waals surface area contributed by atoms with E-state index in [0.717, 1.165) is 11.7 Å². The van der Waals surface area contributed by atoms with Gasteiger partial charge in [0.1, 0.15) is 5.76 Å². The molecule has 1 fully saturated rings. The van der Waals surface area contributed by atoms with Crippen LogP contribution in [-0.4, -0.2) is 0 Å². The molecule has 0 aromatic rings. The highest BCUT2D eigenvalue weighted by Crippen LogP contribution is 2.39. The SMILES string of the molecule is c1coc2c(C3CCCCC3)ccc-2c1. The third-order valence-electron chi connectivity index (χ3n) is 3.55. The highest BCUT2D eigenvalue weighted by atomic mass is 16.3. The maximum absolute atomic E-state index is 5.64. The maximum Gasteiger partial charge on any atom is 0.137 e. The highest BCUT2D eigenvalue weighted by Gasteiger charge is 2.21. The smallest absolute Gasteiger partial charge is 0.137 e. The summed E-state index contributed by atoms with van der Waals surface area (Å²) < 4.78 is 5.64. The third kappa shape index (κ3) is 1.56. The van der Waals surface area contributed by atoms with Gasteiger partial charge >= 0.3 is 0 Å². The Morgan fingerprint density at radius 2 is 1.87 bits per heavy atom. The zero-order valence-electron chi connectivity index (χ0n) is 8.91. The molecule has 1 aliphatic heterocycles. The molecule has 1 saturated carbocycles. The first kappa shape index (κ1) is 9.02. The van der Waals surface area contributed by atoms with Crippen LogP contribution in [-0.2, 0) is 0 Å². The molecule has 3 rings (SSSR count). The molecule has 1 heteroatoms. The first-order valence-electron chi connectivity index (χ1n) is 5.91. The Kier molecular flexibility index (Phi) is 2.24. The average molecular weight is 200 g/mol. The zero-order chi connectivity index (χ0) is 10.1. The summed E-state index contributed by atoms with van der Waals surface area (Å²) in [4.78, 5) is 0. The third-order valence-corrected chi connectivity index (χ3v) is 3.55. The fourth-order valence-electron chi connectivity index (χ4n) is 2.75. The summed E-state index contributed by atoms with van der Waals surface area (Å²) in [5.74, 6) is 1.85. The number of rotatable bonds is 1. The summed E-state index contributed by atoms with van der Waals surface area (Å²) >= 11 is 0. The van der Waals surface area contributed by atoms with Gasteiger partial charge in [-0.3, -0.25) is 0 Å². The topological polar surface area (TPSA) is 13.1 Å². The molecule has 0 aromatic carbocycles. The molecule has 2 aliphatic carbocycles. The molecule has 0 amide bonds. The van der Waals surface area contributed by atoms with Gasteiger partial charge in [0.25, 0.3) is 0 Å². The lowest BCUT2D eigenvalue weighted by Crippen LogP contribution is -2.04. The van der Waals surface area contributed by atoms with E-state index in [-0.39, 0.29) is 0 Å². The fraction of sp³-hybridized carbons (Fsp3) is 0.429. The lowest BCUT2D eigenvalue weighted by molar-refractivity contribution is 0.437. The van der Waals surface area contributed by atoms with Gasteiger partial charge in [0, 0.05) is 5.56 Å². The lowest BCUT2D eigenvalue weighted by Gasteiger charge is -2.21. The van der Waals surface area contributed by atoms with E-state index in [1.54, 1.807) is 6.26 Å². The molecule has 3 aliphatic rings. The van der Waals surface area contributed by atoms with Crippen LogP contribution in [0.15, 0.2) is 34.9 Å². The first-order chi connectivity index (χ1) is 7.45. The predicted molar refractivity (Wildman–Crippen MR) is 61.2 cm³/mol. The monoisotopic (exact) mass is 200 g/mol. The molecular formula is C14H16O. The van der Waals surface area contributed by atoms with E-state index >= 15 is 0 Å². The molecule has 0 N–H and O–H groups in total. The zero-order valence-corrected chi connectivity index (χ0v) is 8.91. The minimum Gasteiger partial charge on any atom is -0.464 e. The van der Waals surface area contributed by atoms with Crippen molar-refractivity contribution >= 4 is 0 Å². The second kappa shape index (κ2) is 3.73. The quantitative estimate of drug-likeness (QED) is 0.663. The van der Waals surface area contributed by atoms with E-state index in [0.29, 0.717) is 0 Å². The minimum atomic E-state index is 0.738. The summed E-state index contributed by atoms with van der Waals surface area (Å²) in [6.07, 6.45) is 8.63. The molecule has 0 bridgehead atoms. The second-order valence-corrected chi connectivity index (χ2v) is 4.52. The van der Waals surface area contributed by atoms with Gasteiger partial charge in [0.2, 0.25) is 0 Å².